The van der Waals surface area contributed by atoms with Crippen LogP contribution in [0, 0.1) is 41.4 Å². The van der Waals surface area contributed by atoms with Crippen molar-refractivity contribution in [3.63, 3.8) is 0 Å². The molecule has 17 atom stereocenters. The third-order valence-electron chi connectivity index (χ3n) is 14.3. The van der Waals surface area contributed by atoms with E-state index in [1.807, 2.05) is 13.8 Å². The van der Waals surface area contributed by atoms with Crippen LogP contribution in [0.4, 0.5) is 0 Å². The van der Waals surface area contributed by atoms with Crippen molar-refractivity contribution in [2.45, 2.75) is 159 Å². The Morgan fingerprint density at radius 3 is 2.17 bits per heavy atom. The van der Waals surface area contributed by atoms with Crippen LogP contribution >= 0.6 is 0 Å². The van der Waals surface area contributed by atoms with Crippen LogP contribution in [-0.4, -0.2) is 120 Å². The molecule has 0 unspecified atom stereocenters. The number of likely N-dealkylation sites (N-methyl/N-ethyl adjacent to an activating group) is 1. The number of ketones is 1. The highest BCUT2D eigenvalue weighted by Crippen LogP contribution is 2.56. The van der Waals surface area contributed by atoms with Crippen LogP contribution < -0.4 is 0 Å². The predicted octanol–water partition coefficient (Wildman–Crippen LogP) is 5.88. The van der Waals surface area contributed by atoms with Gasteiger partial charge in [0.1, 0.15) is 24.4 Å². The fraction of sp³-hybridized carbons (Fsp3) is 0.860. The third-order valence-corrected chi connectivity index (χ3v) is 14.3. The Kier molecular flexibility index (Phi) is 12.8. The highest BCUT2D eigenvalue weighted by Gasteiger charge is 2.54. The van der Waals surface area contributed by atoms with Gasteiger partial charge in [-0.15, -0.1) is 0 Å². The first-order chi connectivity index (χ1) is 25.9. The van der Waals surface area contributed by atoms with Crippen molar-refractivity contribution >= 4 is 11.8 Å². The van der Waals surface area contributed by atoms with Crippen LogP contribution in [-0.2, 0) is 47.5 Å². The number of fused-ring (bicyclic) bond motifs is 5. The molecule has 7 aliphatic rings. The van der Waals surface area contributed by atoms with Gasteiger partial charge in [0.15, 0.2) is 18.4 Å². The topological polar surface area (TPSA) is 111 Å². The molecule has 0 N–H and O–H groups in total. The molecule has 2 saturated carbocycles. The van der Waals surface area contributed by atoms with Crippen LogP contribution in [0.25, 0.3) is 0 Å². The molecule has 0 aromatic heterocycles. The summed E-state index contributed by atoms with van der Waals surface area (Å²) in [4.78, 5) is 30.8. The summed E-state index contributed by atoms with van der Waals surface area (Å²) in [6, 6.07) is 0.341. The number of allylic oxidation sites excluding steroid dienone is 4. The Hall–Kier alpha value is -1.70. The maximum absolute atomic E-state index is 14.8. The van der Waals surface area contributed by atoms with E-state index in [4.69, 9.17) is 37.9 Å². The quantitative estimate of drug-likeness (QED) is 0.208. The second-order valence-electron chi connectivity index (χ2n) is 17.8. The van der Waals surface area contributed by atoms with E-state index in [0.717, 1.165) is 63.4 Å². The second-order valence-corrected chi connectivity index (χ2v) is 17.8. The average molecular weight is 758 g/mol. The zero-order valence-corrected chi connectivity index (χ0v) is 34.1. The van der Waals surface area contributed by atoms with Gasteiger partial charge in [0, 0.05) is 39.2 Å². The summed E-state index contributed by atoms with van der Waals surface area (Å²) < 4.78 is 50.1. The van der Waals surface area contributed by atoms with Crippen molar-refractivity contribution in [3.05, 3.63) is 23.3 Å². The lowest BCUT2D eigenvalue weighted by Gasteiger charge is -2.44. The van der Waals surface area contributed by atoms with E-state index >= 15 is 0 Å². The number of cyclic esters (lactones) is 1. The van der Waals surface area contributed by atoms with E-state index in [9.17, 15) is 9.59 Å². The average Bonchev–Trinajstić information content (AvgIpc) is 3.81. The molecular weight excluding hydrogens is 690 g/mol. The Balaban J connectivity index is 1.12. The lowest BCUT2D eigenvalue weighted by molar-refractivity contribution is -0.314. The fourth-order valence-electron chi connectivity index (χ4n) is 11.2. The molecule has 5 fully saturated rings. The predicted molar refractivity (Wildman–Crippen MR) is 201 cm³/mol. The molecule has 4 aliphatic carbocycles. The smallest absolute Gasteiger partial charge is 0.306 e. The maximum atomic E-state index is 14.8. The number of nitrogens with zero attached hydrogens (tertiary/aromatic N) is 1. The van der Waals surface area contributed by atoms with E-state index in [-0.39, 0.29) is 96.8 Å². The van der Waals surface area contributed by atoms with Gasteiger partial charge in [0.25, 0.3) is 0 Å². The third kappa shape index (κ3) is 8.17. The zero-order chi connectivity index (χ0) is 38.4. The van der Waals surface area contributed by atoms with E-state index in [1.165, 1.54) is 5.57 Å². The van der Waals surface area contributed by atoms with Gasteiger partial charge in [-0.1, -0.05) is 24.6 Å². The SMILES string of the molecule is CO[C@@H]1[C@@H](OC)[C@H](C)O[C@@H](O[C@H]2C[C@H]3[C@@H]4C=C5C(=O)[C@H](C)[C@@H](O[C@H]6CC[C@H](N(C)C)[C@@H](C)O6)CCC[C@H](C6CC6)OC(=O)C[C@H]5[C@@H]4C=C(C)[C@@H]3C2)[C@@H]1OC. The van der Waals surface area contributed by atoms with Gasteiger partial charge in [-0.25, -0.2) is 0 Å². The molecular formula is C43H67NO10. The van der Waals surface area contributed by atoms with Crippen molar-refractivity contribution in [1.82, 2.24) is 4.90 Å². The molecule has 0 radical (unpaired) electrons. The van der Waals surface area contributed by atoms with Gasteiger partial charge in [-0.3, -0.25) is 9.59 Å². The summed E-state index contributed by atoms with van der Waals surface area (Å²) in [5.41, 5.74) is 2.10. The number of hydrogen-bond acceptors (Lipinski definition) is 11. The summed E-state index contributed by atoms with van der Waals surface area (Å²) in [6.45, 7) is 8.35. The Labute approximate surface area is 323 Å². The normalized spacial score (nSPS) is 46.1. The molecule has 11 nitrogen and oxygen atoms in total. The van der Waals surface area contributed by atoms with E-state index in [1.54, 1.807) is 21.3 Å². The lowest BCUT2D eigenvalue weighted by Crippen LogP contribution is -2.59. The Morgan fingerprint density at radius 1 is 0.759 bits per heavy atom. The van der Waals surface area contributed by atoms with Gasteiger partial charge in [-0.2, -0.15) is 0 Å². The number of methoxy groups -OCH3 is 3. The minimum Gasteiger partial charge on any atom is -0.462 e. The maximum Gasteiger partial charge on any atom is 0.306 e. The summed E-state index contributed by atoms with van der Waals surface area (Å²) in [6.07, 6.45) is 10.3. The summed E-state index contributed by atoms with van der Waals surface area (Å²) in [5.74, 6) is 0.541. The van der Waals surface area contributed by atoms with Crippen LogP contribution in [0.3, 0.4) is 0 Å². The summed E-state index contributed by atoms with van der Waals surface area (Å²) in [5, 5.41) is 0. The number of carbonyl (C=O) groups is 2. The largest absolute Gasteiger partial charge is 0.462 e. The highest BCUT2D eigenvalue weighted by atomic mass is 16.7. The van der Waals surface area contributed by atoms with Crippen LogP contribution in [0.5, 0.6) is 0 Å². The molecule has 3 aliphatic heterocycles. The Morgan fingerprint density at radius 2 is 1.50 bits per heavy atom. The van der Waals surface area contributed by atoms with Crippen molar-refractivity contribution in [2.75, 3.05) is 35.4 Å². The summed E-state index contributed by atoms with van der Waals surface area (Å²) in [7, 11) is 9.19. The first kappa shape index (κ1) is 40.5. The number of Topliss-reactive ketones (excluding diaryl/α,β-unsaturated/α-hetero) is 1. The Bertz CT molecular complexity index is 1400. The fourth-order valence-corrected chi connectivity index (χ4v) is 11.2. The van der Waals surface area contributed by atoms with Gasteiger partial charge in [0.2, 0.25) is 0 Å². The van der Waals surface area contributed by atoms with E-state index in [0.29, 0.717) is 17.9 Å². The van der Waals surface area contributed by atoms with Crippen LogP contribution in [0.15, 0.2) is 23.3 Å². The molecule has 0 aromatic carbocycles. The lowest BCUT2D eigenvalue weighted by atomic mass is 9.67. The number of carbonyl (C=O) groups excluding carboxylic acids is 2. The van der Waals surface area contributed by atoms with Gasteiger partial charge >= 0.3 is 5.97 Å². The van der Waals surface area contributed by atoms with Crippen molar-refractivity contribution < 1.29 is 47.5 Å². The molecule has 0 spiro atoms. The molecule has 3 heterocycles. The standard InChI is InChI=1S/C43H67NO10/c1-22-17-29-31(30-19-27(18-28(22)30)52-43-42(49-9)41(48-8)40(47-7)25(4)51-43)20-33-32(29)21-37(45)53-36(26-13-14-26)12-10-11-35(23(2)39(33)46)54-38-16-15-34(44(5)6)24(3)50-38/h17,20,23-32,34-36,38,40-43H,10-16,18-19,21H2,1-9H3/t23-,24-,25+,27-,28+,29-,30-,31-,32+,34+,35+,36-,38+,40+,41-,42-,43+/m1/s1. The molecule has 3 saturated heterocycles. The monoisotopic (exact) mass is 757 g/mol. The highest BCUT2D eigenvalue weighted by molar-refractivity contribution is 5.99. The minimum atomic E-state index is -0.595. The molecule has 304 valence electrons. The van der Waals surface area contributed by atoms with Crippen molar-refractivity contribution in [2.24, 2.45) is 41.4 Å². The first-order valence-electron chi connectivity index (χ1n) is 20.9. The molecule has 0 bridgehead atoms. The van der Waals surface area contributed by atoms with Gasteiger partial charge in [-0.05, 0) is 128 Å². The van der Waals surface area contributed by atoms with E-state index < -0.39 is 12.4 Å². The van der Waals surface area contributed by atoms with Gasteiger partial charge in [0.05, 0.1) is 30.8 Å². The van der Waals surface area contributed by atoms with Gasteiger partial charge < -0.3 is 42.8 Å². The zero-order valence-electron chi connectivity index (χ0n) is 34.1. The number of rotatable bonds is 9. The molecule has 7 rings (SSSR count). The first-order valence-corrected chi connectivity index (χ1v) is 20.9. The second kappa shape index (κ2) is 17.0. The van der Waals surface area contributed by atoms with Crippen molar-refractivity contribution in [1.29, 1.82) is 0 Å². The number of hydrogen-bond donors (Lipinski definition) is 0. The molecule has 0 aromatic rings. The van der Waals surface area contributed by atoms with Crippen molar-refractivity contribution in [3.8, 4) is 0 Å². The summed E-state index contributed by atoms with van der Waals surface area (Å²) >= 11 is 0. The van der Waals surface area contributed by atoms with E-state index in [2.05, 4.69) is 45.0 Å². The van der Waals surface area contributed by atoms with Crippen LogP contribution in [0.1, 0.15) is 91.9 Å². The van der Waals surface area contributed by atoms with Crippen LogP contribution in [0.2, 0.25) is 0 Å². The molecule has 54 heavy (non-hydrogen) atoms. The minimum absolute atomic E-state index is 0.0408. The molecule has 0 amide bonds. The molecule has 11 heteroatoms. The number of ether oxygens (including phenoxy) is 8. The number of esters is 1.